The average molecular weight is 235 g/mol. The SMILES string of the molecule is CC(C)C(CBr)C[C@@H]1CCCO1. The van der Waals surface area contributed by atoms with E-state index in [1.807, 2.05) is 0 Å². The summed E-state index contributed by atoms with van der Waals surface area (Å²) in [6.07, 6.45) is 4.33. The molecule has 0 saturated carbocycles. The number of alkyl halides is 1. The second-order valence-electron chi connectivity index (χ2n) is 4.03. The van der Waals surface area contributed by atoms with E-state index in [1.165, 1.54) is 19.3 Å². The Hall–Kier alpha value is 0.440. The zero-order valence-electron chi connectivity index (χ0n) is 8.05. The van der Waals surface area contributed by atoms with Gasteiger partial charge in [-0.1, -0.05) is 29.8 Å². The zero-order valence-corrected chi connectivity index (χ0v) is 9.64. The van der Waals surface area contributed by atoms with Crippen molar-refractivity contribution < 1.29 is 4.74 Å². The van der Waals surface area contributed by atoms with Crippen LogP contribution in [0.25, 0.3) is 0 Å². The number of rotatable bonds is 4. The third kappa shape index (κ3) is 3.06. The van der Waals surface area contributed by atoms with E-state index in [9.17, 15) is 0 Å². The third-order valence-electron chi connectivity index (χ3n) is 2.73. The summed E-state index contributed by atoms with van der Waals surface area (Å²) in [5, 5.41) is 1.12. The zero-order chi connectivity index (χ0) is 8.97. The molecule has 72 valence electrons. The fourth-order valence-corrected chi connectivity index (χ4v) is 2.69. The van der Waals surface area contributed by atoms with Crippen molar-refractivity contribution in [3.05, 3.63) is 0 Å². The first-order valence-electron chi connectivity index (χ1n) is 4.91. The van der Waals surface area contributed by atoms with Crippen molar-refractivity contribution >= 4 is 15.9 Å². The highest BCUT2D eigenvalue weighted by atomic mass is 79.9. The highest BCUT2D eigenvalue weighted by Gasteiger charge is 2.21. The highest BCUT2D eigenvalue weighted by molar-refractivity contribution is 9.09. The Kier molecular flexibility index (Phi) is 4.59. The van der Waals surface area contributed by atoms with Crippen LogP contribution in [0.5, 0.6) is 0 Å². The van der Waals surface area contributed by atoms with Gasteiger partial charge >= 0.3 is 0 Å². The molecule has 1 fully saturated rings. The van der Waals surface area contributed by atoms with E-state index in [0.717, 1.165) is 23.8 Å². The van der Waals surface area contributed by atoms with E-state index in [1.54, 1.807) is 0 Å². The molecule has 1 heterocycles. The molecular weight excluding hydrogens is 216 g/mol. The highest BCUT2D eigenvalue weighted by Crippen LogP contribution is 2.25. The van der Waals surface area contributed by atoms with Crippen LogP contribution >= 0.6 is 15.9 Å². The maximum absolute atomic E-state index is 5.61. The minimum atomic E-state index is 0.551. The molecule has 2 heteroatoms. The van der Waals surface area contributed by atoms with Gasteiger partial charge in [-0.15, -0.1) is 0 Å². The van der Waals surface area contributed by atoms with Gasteiger partial charge in [0.05, 0.1) is 6.10 Å². The number of hydrogen-bond acceptors (Lipinski definition) is 1. The largest absolute Gasteiger partial charge is 0.378 e. The molecule has 1 rings (SSSR count). The lowest BCUT2D eigenvalue weighted by Gasteiger charge is -2.21. The lowest BCUT2D eigenvalue weighted by molar-refractivity contribution is 0.0862. The first kappa shape index (κ1) is 10.5. The minimum absolute atomic E-state index is 0.551. The van der Waals surface area contributed by atoms with E-state index in [0.29, 0.717) is 6.10 Å². The van der Waals surface area contributed by atoms with Crippen LogP contribution in [0.2, 0.25) is 0 Å². The van der Waals surface area contributed by atoms with Crippen LogP contribution in [0.4, 0.5) is 0 Å². The topological polar surface area (TPSA) is 9.23 Å². The summed E-state index contributed by atoms with van der Waals surface area (Å²) in [5.74, 6) is 1.56. The van der Waals surface area contributed by atoms with Crippen LogP contribution in [0.15, 0.2) is 0 Å². The number of halogens is 1. The molecule has 0 spiro atoms. The Labute approximate surface area is 84.0 Å². The van der Waals surface area contributed by atoms with Crippen LogP contribution < -0.4 is 0 Å². The van der Waals surface area contributed by atoms with Crippen molar-refractivity contribution in [3.8, 4) is 0 Å². The molecule has 0 aromatic carbocycles. The molecule has 0 aliphatic carbocycles. The number of hydrogen-bond donors (Lipinski definition) is 0. The molecule has 0 aromatic rings. The second-order valence-corrected chi connectivity index (χ2v) is 4.68. The minimum Gasteiger partial charge on any atom is -0.378 e. The first-order valence-corrected chi connectivity index (χ1v) is 6.03. The van der Waals surface area contributed by atoms with Crippen LogP contribution in [0.3, 0.4) is 0 Å². The van der Waals surface area contributed by atoms with E-state index in [-0.39, 0.29) is 0 Å². The molecule has 0 N–H and O–H groups in total. The summed E-state index contributed by atoms with van der Waals surface area (Å²) in [6, 6.07) is 0. The van der Waals surface area contributed by atoms with E-state index in [4.69, 9.17) is 4.74 Å². The van der Waals surface area contributed by atoms with Gasteiger partial charge < -0.3 is 4.74 Å². The lowest BCUT2D eigenvalue weighted by Crippen LogP contribution is -2.18. The van der Waals surface area contributed by atoms with Crippen LogP contribution in [0, 0.1) is 11.8 Å². The molecule has 1 nitrogen and oxygen atoms in total. The van der Waals surface area contributed by atoms with Crippen molar-refractivity contribution in [1.82, 2.24) is 0 Å². The number of ether oxygens (including phenoxy) is 1. The van der Waals surface area contributed by atoms with Gasteiger partial charge in [0.1, 0.15) is 0 Å². The Balaban J connectivity index is 2.26. The predicted molar refractivity (Wildman–Crippen MR) is 55.7 cm³/mol. The fourth-order valence-electron chi connectivity index (χ4n) is 1.68. The summed E-state index contributed by atoms with van der Waals surface area (Å²) < 4.78 is 5.61. The summed E-state index contributed by atoms with van der Waals surface area (Å²) in [5.41, 5.74) is 0. The molecule has 0 aromatic heterocycles. The Morgan fingerprint density at radius 3 is 2.67 bits per heavy atom. The lowest BCUT2D eigenvalue weighted by atomic mass is 9.91. The fraction of sp³-hybridized carbons (Fsp3) is 1.00. The van der Waals surface area contributed by atoms with Gasteiger partial charge in [0.25, 0.3) is 0 Å². The van der Waals surface area contributed by atoms with Crippen molar-refractivity contribution in [2.45, 2.75) is 39.2 Å². The predicted octanol–water partition coefficient (Wildman–Crippen LogP) is 3.22. The van der Waals surface area contributed by atoms with Gasteiger partial charge in [-0.3, -0.25) is 0 Å². The van der Waals surface area contributed by atoms with Crippen LogP contribution in [0.1, 0.15) is 33.1 Å². The van der Waals surface area contributed by atoms with Crippen LogP contribution in [-0.2, 0) is 4.74 Å². The summed E-state index contributed by atoms with van der Waals surface area (Å²) in [6.45, 7) is 5.57. The summed E-state index contributed by atoms with van der Waals surface area (Å²) >= 11 is 3.57. The standard InChI is InChI=1S/C10H19BrO/c1-8(2)9(7-11)6-10-4-3-5-12-10/h8-10H,3-7H2,1-2H3/t9?,10-/m0/s1. The van der Waals surface area contributed by atoms with Crippen LogP contribution in [-0.4, -0.2) is 18.0 Å². The van der Waals surface area contributed by atoms with Gasteiger partial charge in [0.2, 0.25) is 0 Å². The molecule has 12 heavy (non-hydrogen) atoms. The van der Waals surface area contributed by atoms with Crippen molar-refractivity contribution in [1.29, 1.82) is 0 Å². The Bertz CT molecular complexity index is 119. The third-order valence-corrected chi connectivity index (χ3v) is 3.56. The van der Waals surface area contributed by atoms with Crippen molar-refractivity contribution in [2.24, 2.45) is 11.8 Å². The van der Waals surface area contributed by atoms with Crippen molar-refractivity contribution in [2.75, 3.05) is 11.9 Å². The van der Waals surface area contributed by atoms with E-state index < -0.39 is 0 Å². The Morgan fingerprint density at radius 1 is 1.50 bits per heavy atom. The average Bonchev–Trinajstić information content (AvgIpc) is 2.51. The van der Waals surface area contributed by atoms with Gasteiger partial charge in [-0.25, -0.2) is 0 Å². The summed E-state index contributed by atoms with van der Waals surface area (Å²) in [7, 11) is 0. The molecule has 1 aliphatic heterocycles. The maximum Gasteiger partial charge on any atom is 0.0579 e. The molecular formula is C10H19BrO. The molecule has 0 bridgehead atoms. The van der Waals surface area contributed by atoms with Gasteiger partial charge in [0, 0.05) is 11.9 Å². The smallest absolute Gasteiger partial charge is 0.0579 e. The quantitative estimate of drug-likeness (QED) is 0.680. The van der Waals surface area contributed by atoms with Gasteiger partial charge in [0.15, 0.2) is 0 Å². The van der Waals surface area contributed by atoms with Crippen molar-refractivity contribution in [3.63, 3.8) is 0 Å². The molecule has 1 saturated heterocycles. The first-order chi connectivity index (χ1) is 5.74. The monoisotopic (exact) mass is 234 g/mol. The maximum atomic E-state index is 5.61. The van der Waals surface area contributed by atoms with Gasteiger partial charge in [-0.2, -0.15) is 0 Å². The second kappa shape index (κ2) is 5.23. The van der Waals surface area contributed by atoms with Gasteiger partial charge in [-0.05, 0) is 31.1 Å². The molecule has 1 aliphatic rings. The summed E-state index contributed by atoms with van der Waals surface area (Å²) in [4.78, 5) is 0. The van der Waals surface area contributed by atoms with E-state index >= 15 is 0 Å². The Morgan fingerprint density at radius 2 is 2.25 bits per heavy atom. The molecule has 0 amide bonds. The molecule has 1 unspecified atom stereocenters. The normalized spacial score (nSPS) is 26.5. The van der Waals surface area contributed by atoms with E-state index in [2.05, 4.69) is 29.8 Å². The molecule has 2 atom stereocenters. The molecule has 0 radical (unpaired) electrons.